The van der Waals surface area contributed by atoms with E-state index in [0.717, 1.165) is 54.2 Å². The average molecular weight is 509 g/mol. The second kappa shape index (κ2) is 11.1. The Labute approximate surface area is 209 Å². The van der Waals surface area contributed by atoms with Crippen LogP contribution in [-0.4, -0.2) is 29.8 Å². The number of unbranched alkanes of at least 4 members (excludes halogenated alkanes) is 3. The van der Waals surface area contributed by atoms with E-state index in [1.807, 2.05) is 59.7 Å². The lowest BCUT2D eigenvalue weighted by atomic mass is 9.89. The second-order valence-corrected chi connectivity index (χ2v) is 12.7. The minimum atomic E-state index is -3.06. The van der Waals surface area contributed by atoms with Crippen LogP contribution in [0.3, 0.4) is 0 Å². The van der Waals surface area contributed by atoms with Gasteiger partial charge >= 0.3 is 7.60 Å². The molecule has 34 heavy (non-hydrogen) atoms. The van der Waals surface area contributed by atoms with Crippen molar-refractivity contribution in [1.29, 1.82) is 0 Å². The van der Waals surface area contributed by atoms with Gasteiger partial charge in [0.05, 0.1) is 18.4 Å². The molecule has 0 amide bonds. The number of fused-ring (bicyclic) bond motifs is 3. The van der Waals surface area contributed by atoms with Crippen LogP contribution in [0.4, 0.5) is 0 Å². The summed E-state index contributed by atoms with van der Waals surface area (Å²) in [5.74, 6) is 0.839. The first-order chi connectivity index (χ1) is 15.9. The topological polar surface area (TPSA) is 61.8 Å². The Balaban J connectivity index is 1.63. The first kappa shape index (κ1) is 27.2. The number of carbonyl (C=O) groups excluding carboxylic acids is 1. The van der Waals surface area contributed by atoms with E-state index in [4.69, 9.17) is 25.4 Å². The molecule has 1 aliphatic heterocycles. The van der Waals surface area contributed by atoms with Gasteiger partial charge in [-0.25, -0.2) is 0 Å². The summed E-state index contributed by atoms with van der Waals surface area (Å²) >= 11 is 6.69. The number of ether oxygens (including phenoxy) is 1. The molecule has 0 spiro atoms. The van der Waals surface area contributed by atoms with Crippen molar-refractivity contribution >= 4 is 35.8 Å². The summed E-state index contributed by atoms with van der Waals surface area (Å²) in [5.41, 5.74) is 1.21. The number of Topliss-reactive ketones (excluding diaryl/α,β-unsaturated/α-hetero) is 1. The summed E-state index contributed by atoms with van der Waals surface area (Å²) in [6.45, 7) is 11.2. The zero-order valence-electron chi connectivity index (χ0n) is 21.3. The van der Waals surface area contributed by atoms with Crippen LogP contribution in [0.25, 0.3) is 10.8 Å². The highest BCUT2D eigenvalue weighted by atomic mass is 35.5. The SMILES string of the molecule is CC(C)OP(=O)(CCCCCCc1cccc2c3c(cc(Cl)c12)CC(=O)C(C)(C)O3)OC(C)C. The van der Waals surface area contributed by atoms with Crippen molar-refractivity contribution in [2.75, 3.05) is 6.16 Å². The van der Waals surface area contributed by atoms with Gasteiger partial charge in [-0.2, -0.15) is 0 Å². The maximum atomic E-state index is 13.0. The first-order valence-corrected chi connectivity index (χ1v) is 14.4. The number of hydrogen-bond acceptors (Lipinski definition) is 5. The van der Waals surface area contributed by atoms with Crippen molar-refractivity contribution in [2.45, 2.75) is 97.9 Å². The monoisotopic (exact) mass is 508 g/mol. The fourth-order valence-electron chi connectivity index (χ4n) is 4.44. The van der Waals surface area contributed by atoms with Crippen LogP contribution < -0.4 is 4.74 Å². The molecule has 0 atom stereocenters. The van der Waals surface area contributed by atoms with E-state index in [9.17, 15) is 9.36 Å². The molecule has 0 radical (unpaired) electrons. The van der Waals surface area contributed by atoms with Gasteiger partial charge in [0.15, 0.2) is 11.4 Å². The van der Waals surface area contributed by atoms with E-state index in [0.29, 0.717) is 17.6 Å². The molecule has 0 saturated heterocycles. The lowest BCUT2D eigenvalue weighted by Gasteiger charge is -2.32. The second-order valence-electron chi connectivity index (χ2n) is 10.2. The van der Waals surface area contributed by atoms with Crippen molar-refractivity contribution in [2.24, 2.45) is 0 Å². The van der Waals surface area contributed by atoms with E-state index in [1.54, 1.807) is 0 Å². The van der Waals surface area contributed by atoms with Crippen molar-refractivity contribution in [3.63, 3.8) is 0 Å². The molecular weight excluding hydrogens is 471 g/mol. The molecule has 2 aromatic rings. The van der Waals surface area contributed by atoms with Gasteiger partial charge in [-0.05, 0) is 72.4 Å². The van der Waals surface area contributed by atoms with Crippen LogP contribution in [0.2, 0.25) is 5.02 Å². The molecule has 7 heteroatoms. The van der Waals surface area contributed by atoms with E-state index < -0.39 is 13.2 Å². The Morgan fingerprint density at radius 1 is 1.06 bits per heavy atom. The fourth-order valence-corrected chi connectivity index (χ4v) is 6.95. The van der Waals surface area contributed by atoms with Crippen LogP contribution in [0.1, 0.15) is 78.4 Å². The molecule has 1 heterocycles. The van der Waals surface area contributed by atoms with Gasteiger partial charge in [0, 0.05) is 27.8 Å². The minimum absolute atomic E-state index is 0.0636. The van der Waals surface area contributed by atoms with Gasteiger partial charge < -0.3 is 13.8 Å². The number of rotatable bonds is 11. The van der Waals surface area contributed by atoms with Crippen LogP contribution >= 0.6 is 19.2 Å². The molecule has 0 aromatic heterocycles. The van der Waals surface area contributed by atoms with Crippen molar-refractivity contribution < 1.29 is 23.1 Å². The van der Waals surface area contributed by atoms with Crippen molar-refractivity contribution in [3.8, 4) is 5.75 Å². The Morgan fingerprint density at radius 2 is 1.71 bits per heavy atom. The van der Waals surface area contributed by atoms with E-state index in [1.165, 1.54) is 5.56 Å². The molecule has 0 fully saturated rings. The molecular formula is C27H38ClO5P. The summed E-state index contributed by atoms with van der Waals surface area (Å²) in [6, 6.07) is 8.05. The standard InChI is InChI=1S/C27H38ClO5P/c1-18(2)32-34(30,33-19(3)4)15-10-8-7-9-12-20-13-11-14-22-25(20)23(28)16-21-17-24(29)27(5,6)31-26(21)22/h11,13-14,16,18-19H,7-10,12,15,17H2,1-6H3. The molecule has 2 aromatic carbocycles. The highest BCUT2D eigenvalue weighted by Crippen LogP contribution is 2.51. The van der Waals surface area contributed by atoms with Crippen LogP contribution in [0, 0.1) is 0 Å². The average Bonchev–Trinajstić information content (AvgIpc) is 2.71. The Hall–Kier alpha value is -1.39. The predicted octanol–water partition coefficient (Wildman–Crippen LogP) is 7.92. The number of carbonyl (C=O) groups is 1. The Morgan fingerprint density at radius 3 is 2.35 bits per heavy atom. The Kier molecular flexibility index (Phi) is 8.90. The van der Waals surface area contributed by atoms with Crippen molar-refractivity contribution in [3.05, 3.63) is 40.4 Å². The summed E-state index contributed by atoms with van der Waals surface area (Å²) in [5, 5.41) is 2.64. The number of halogens is 1. The van der Waals surface area contributed by atoms with Crippen LogP contribution in [0.15, 0.2) is 24.3 Å². The molecule has 0 aliphatic carbocycles. The third-order valence-corrected chi connectivity index (χ3v) is 8.63. The lowest BCUT2D eigenvalue weighted by molar-refractivity contribution is -0.132. The van der Waals surface area contributed by atoms with Crippen molar-refractivity contribution in [1.82, 2.24) is 0 Å². The zero-order valence-corrected chi connectivity index (χ0v) is 22.9. The van der Waals surface area contributed by atoms with Gasteiger partial charge in [0.25, 0.3) is 0 Å². The minimum Gasteiger partial charge on any atom is -0.479 e. The van der Waals surface area contributed by atoms with Gasteiger partial charge in [-0.15, -0.1) is 0 Å². The summed E-state index contributed by atoms with van der Waals surface area (Å²) in [6.07, 6.45) is 5.20. The summed E-state index contributed by atoms with van der Waals surface area (Å²) < 4.78 is 30.4. The molecule has 0 bridgehead atoms. The summed E-state index contributed by atoms with van der Waals surface area (Å²) in [7, 11) is -3.06. The number of aryl methyl sites for hydroxylation is 1. The van der Waals surface area contributed by atoms with Gasteiger partial charge in [-0.1, -0.05) is 42.6 Å². The quantitative estimate of drug-likeness (QED) is 0.228. The molecule has 3 rings (SSSR count). The normalized spacial score (nSPS) is 15.7. The number of hydrogen-bond donors (Lipinski definition) is 0. The molecule has 5 nitrogen and oxygen atoms in total. The first-order valence-electron chi connectivity index (χ1n) is 12.3. The maximum absolute atomic E-state index is 13.0. The molecule has 0 N–H and O–H groups in total. The zero-order chi connectivity index (χ0) is 25.1. The van der Waals surface area contributed by atoms with E-state index >= 15 is 0 Å². The molecule has 1 aliphatic rings. The lowest BCUT2D eigenvalue weighted by Crippen LogP contribution is -2.42. The third kappa shape index (κ3) is 6.63. The van der Waals surface area contributed by atoms with Gasteiger partial charge in [0.2, 0.25) is 0 Å². The summed E-state index contributed by atoms with van der Waals surface area (Å²) in [4.78, 5) is 12.4. The number of ketones is 1. The molecule has 0 saturated carbocycles. The molecule has 0 unspecified atom stereocenters. The fraction of sp³-hybridized carbons (Fsp3) is 0.593. The Bertz CT molecular complexity index is 1060. The maximum Gasteiger partial charge on any atom is 0.331 e. The van der Waals surface area contributed by atoms with Crippen LogP contribution in [-0.2, 0) is 31.2 Å². The largest absolute Gasteiger partial charge is 0.479 e. The third-order valence-electron chi connectivity index (χ3n) is 5.98. The highest BCUT2D eigenvalue weighted by molar-refractivity contribution is 7.53. The molecule has 188 valence electrons. The van der Waals surface area contributed by atoms with Crippen LogP contribution in [0.5, 0.6) is 5.75 Å². The van der Waals surface area contributed by atoms with Gasteiger partial charge in [0.1, 0.15) is 5.75 Å². The predicted molar refractivity (Wildman–Crippen MR) is 139 cm³/mol. The van der Waals surface area contributed by atoms with E-state index in [2.05, 4.69) is 6.07 Å². The smallest absolute Gasteiger partial charge is 0.331 e. The highest BCUT2D eigenvalue weighted by Gasteiger charge is 2.36. The van der Waals surface area contributed by atoms with E-state index in [-0.39, 0.29) is 18.0 Å². The number of benzene rings is 2. The van der Waals surface area contributed by atoms with Gasteiger partial charge in [-0.3, -0.25) is 9.36 Å².